The van der Waals surface area contributed by atoms with Crippen LogP contribution in [0.1, 0.15) is 18.4 Å². The van der Waals surface area contributed by atoms with Crippen molar-refractivity contribution in [3.8, 4) is 17.0 Å². The molecule has 1 aromatic heterocycles. The lowest BCUT2D eigenvalue weighted by Gasteiger charge is -2.06. The van der Waals surface area contributed by atoms with Crippen molar-refractivity contribution in [2.75, 3.05) is 7.11 Å². The molecular formula is C16H18N2O. The van der Waals surface area contributed by atoms with Gasteiger partial charge in [-0.15, -0.1) is 0 Å². The second-order valence-electron chi connectivity index (χ2n) is 4.94. The van der Waals surface area contributed by atoms with Crippen LogP contribution in [0.3, 0.4) is 0 Å². The Morgan fingerprint density at radius 2 is 1.95 bits per heavy atom. The first-order chi connectivity index (χ1) is 9.35. The molecule has 0 saturated heterocycles. The maximum absolute atomic E-state index is 5.15. The van der Waals surface area contributed by atoms with Gasteiger partial charge in [-0.2, -0.15) is 0 Å². The van der Waals surface area contributed by atoms with Crippen LogP contribution in [0.25, 0.3) is 11.1 Å². The molecule has 19 heavy (non-hydrogen) atoms. The van der Waals surface area contributed by atoms with E-state index in [0.717, 1.165) is 18.2 Å². The van der Waals surface area contributed by atoms with Gasteiger partial charge in [-0.3, -0.25) is 0 Å². The van der Waals surface area contributed by atoms with Gasteiger partial charge >= 0.3 is 0 Å². The number of hydrogen-bond donors (Lipinski definition) is 1. The number of nitrogens with one attached hydrogen (secondary N) is 1. The second kappa shape index (κ2) is 5.41. The summed E-state index contributed by atoms with van der Waals surface area (Å²) in [5, 5.41) is 3.52. The topological polar surface area (TPSA) is 34.1 Å². The molecule has 0 amide bonds. The van der Waals surface area contributed by atoms with E-state index >= 15 is 0 Å². The van der Waals surface area contributed by atoms with Gasteiger partial charge < -0.3 is 10.1 Å². The Bertz CT molecular complexity index is 547. The molecule has 0 unspecified atom stereocenters. The summed E-state index contributed by atoms with van der Waals surface area (Å²) in [5.41, 5.74) is 3.65. The van der Waals surface area contributed by atoms with Crippen molar-refractivity contribution in [2.24, 2.45) is 0 Å². The summed E-state index contributed by atoms with van der Waals surface area (Å²) in [5.74, 6) is 0.650. The first-order valence-electron chi connectivity index (χ1n) is 6.68. The van der Waals surface area contributed by atoms with E-state index in [2.05, 4.69) is 34.6 Å². The summed E-state index contributed by atoms with van der Waals surface area (Å²) in [4.78, 5) is 4.12. The number of pyridine rings is 1. The average Bonchev–Trinajstić information content (AvgIpc) is 3.30. The largest absolute Gasteiger partial charge is 0.481 e. The second-order valence-corrected chi connectivity index (χ2v) is 4.94. The van der Waals surface area contributed by atoms with E-state index in [1.165, 1.54) is 24.0 Å². The van der Waals surface area contributed by atoms with Crippen molar-refractivity contribution in [1.82, 2.24) is 10.3 Å². The predicted molar refractivity (Wildman–Crippen MR) is 76.1 cm³/mol. The van der Waals surface area contributed by atoms with E-state index < -0.39 is 0 Å². The van der Waals surface area contributed by atoms with E-state index in [0.29, 0.717) is 5.88 Å². The molecule has 1 aromatic carbocycles. The molecule has 1 saturated carbocycles. The Morgan fingerprint density at radius 1 is 1.16 bits per heavy atom. The summed E-state index contributed by atoms with van der Waals surface area (Å²) in [6.07, 6.45) is 4.43. The normalized spacial score (nSPS) is 14.4. The van der Waals surface area contributed by atoms with Gasteiger partial charge in [0.2, 0.25) is 5.88 Å². The number of aromatic nitrogens is 1. The van der Waals surface area contributed by atoms with Crippen LogP contribution in [-0.4, -0.2) is 18.1 Å². The molecule has 2 aromatic rings. The number of nitrogens with zero attached hydrogens (tertiary/aromatic N) is 1. The number of methoxy groups -OCH3 is 1. The molecule has 3 nitrogen and oxygen atoms in total. The third kappa shape index (κ3) is 3.12. The Balaban J connectivity index is 1.72. The standard InChI is InChI=1S/C16H18N2O/c1-19-16-10-14(8-9-17-16)13-4-2-12(3-5-13)11-18-15-6-7-15/h2-5,8-10,15,18H,6-7,11H2,1H3. The fourth-order valence-electron chi connectivity index (χ4n) is 2.07. The molecule has 0 spiro atoms. The van der Waals surface area contributed by atoms with Crippen LogP contribution in [0.2, 0.25) is 0 Å². The maximum atomic E-state index is 5.15. The molecule has 3 rings (SSSR count). The van der Waals surface area contributed by atoms with Crippen LogP contribution >= 0.6 is 0 Å². The number of benzene rings is 1. The summed E-state index contributed by atoms with van der Waals surface area (Å²) < 4.78 is 5.15. The molecule has 1 N–H and O–H groups in total. The van der Waals surface area contributed by atoms with Crippen LogP contribution in [0.5, 0.6) is 5.88 Å². The SMILES string of the molecule is COc1cc(-c2ccc(CNC3CC3)cc2)ccn1. The minimum atomic E-state index is 0.650. The number of ether oxygens (including phenoxy) is 1. The van der Waals surface area contributed by atoms with Crippen molar-refractivity contribution < 1.29 is 4.74 Å². The minimum absolute atomic E-state index is 0.650. The van der Waals surface area contributed by atoms with Crippen LogP contribution in [-0.2, 0) is 6.54 Å². The molecule has 1 heterocycles. The molecule has 0 aliphatic heterocycles. The fourth-order valence-corrected chi connectivity index (χ4v) is 2.07. The summed E-state index contributed by atoms with van der Waals surface area (Å²) in [7, 11) is 1.64. The molecule has 0 bridgehead atoms. The Kier molecular flexibility index (Phi) is 3.47. The Labute approximate surface area is 113 Å². The van der Waals surface area contributed by atoms with E-state index in [1.54, 1.807) is 13.3 Å². The highest BCUT2D eigenvalue weighted by molar-refractivity contribution is 5.64. The quantitative estimate of drug-likeness (QED) is 0.890. The number of hydrogen-bond acceptors (Lipinski definition) is 3. The van der Waals surface area contributed by atoms with Gasteiger partial charge in [0.25, 0.3) is 0 Å². The molecular weight excluding hydrogens is 236 g/mol. The van der Waals surface area contributed by atoms with Gasteiger partial charge in [0.1, 0.15) is 0 Å². The summed E-state index contributed by atoms with van der Waals surface area (Å²) >= 11 is 0. The summed E-state index contributed by atoms with van der Waals surface area (Å²) in [6, 6.07) is 13.4. The van der Waals surface area contributed by atoms with Gasteiger partial charge in [0.15, 0.2) is 0 Å². The molecule has 98 valence electrons. The molecule has 1 aliphatic carbocycles. The van der Waals surface area contributed by atoms with Gasteiger partial charge in [0, 0.05) is 24.8 Å². The average molecular weight is 254 g/mol. The fraction of sp³-hybridized carbons (Fsp3) is 0.312. The third-order valence-corrected chi connectivity index (χ3v) is 3.40. The van der Waals surface area contributed by atoms with Crippen LogP contribution in [0, 0.1) is 0 Å². The van der Waals surface area contributed by atoms with E-state index in [4.69, 9.17) is 4.74 Å². The lowest BCUT2D eigenvalue weighted by Crippen LogP contribution is -2.14. The van der Waals surface area contributed by atoms with E-state index in [-0.39, 0.29) is 0 Å². The van der Waals surface area contributed by atoms with Gasteiger partial charge in [-0.25, -0.2) is 4.98 Å². The van der Waals surface area contributed by atoms with Crippen molar-refractivity contribution in [3.05, 3.63) is 48.2 Å². The predicted octanol–water partition coefficient (Wildman–Crippen LogP) is 3.01. The van der Waals surface area contributed by atoms with E-state index in [1.807, 2.05) is 12.1 Å². The highest BCUT2D eigenvalue weighted by Gasteiger charge is 2.19. The van der Waals surface area contributed by atoms with E-state index in [9.17, 15) is 0 Å². The zero-order valence-electron chi connectivity index (χ0n) is 11.1. The zero-order valence-corrected chi connectivity index (χ0v) is 11.1. The van der Waals surface area contributed by atoms with Gasteiger partial charge in [0.05, 0.1) is 7.11 Å². The monoisotopic (exact) mass is 254 g/mol. The van der Waals surface area contributed by atoms with Crippen LogP contribution in [0.15, 0.2) is 42.6 Å². The smallest absolute Gasteiger partial charge is 0.213 e. The van der Waals surface area contributed by atoms with Crippen molar-refractivity contribution >= 4 is 0 Å². The summed E-state index contributed by atoms with van der Waals surface area (Å²) in [6.45, 7) is 0.963. The molecule has 0 atom stereocenters. The van der Waals surface area contributed by atoms with Crippen molar-refractivity contribution in [1.29, 1.82) is 0 Å². The first-order valence-corrected chi connectivity index (χ1v) is 6.68. The third-order valence-electron chi connectivity index (χ3n) is 3.40. The van der Waals surface area contributed by atoms with Crippen molar-refractivity contribution in [3.63, 3.8) is 0 Å². The minimum Gasteiger partial charge on any atom is -0.481 e. The zero-order chi connectivity index (χ0) is 13.1. The maximum Gasteiger partial charge on any atom is 0.213 e. The molecule has 0 radical (unpaired) electrons. The van der Waals surface area contributed by atoms with Crippen LogP contribution in [0.4, 0.5) is 0 Å². The van der Waals surface area contributed by atoms with Gasteiger partial charge in [-0.1, -0.05) is 24.3 Å². The van der Waals surface area contributed by atoms with Crippen molar-refractivity contribution in [2.45, 2.75) is 25.4 Å². The highest BCUT2D eigenvalue weighted by Crippen LogP contribution is 2.23. The number of rotatable bonds is 5. The first kappa shape index (κ1) is 12.2. The molecule has 3 heteroatoms. The molecule has 1 fully saturated rings. The van der Waals surface area contributed by atoms with Gasteiger partial charge in [-0.05, 0) is 35.6 Å². The Morgan fingerprint density at radius 3 is 2.63 bits per heavy atom. The lowest BCUT2D eigenvalue weighted by molar-refractivity contribution is 0.398. The highest BCUT2D eigenvalue weighted by atomic mass is 16.5. The van der Waals surface area contributed by atoms with Crippen LogP contribution < -0.4 is 10.1 Å². The molecule has 1 aliphatic rings. The lowest BCUT2D eigenvalue weighted by atomic mass is 10.1. The Hall–Kier alpha value is -1.87.